The molecular formula is C19H22N6O4. The summed E-state index contributed by atoms with van der Waals surface area (Å²) < 4.78 is 6.97. The van der Waals surface area contributed by atoms with E-state index in [-0.39, 0.29) is 5.91 Å². The number of imidazole rings is 1. The first kappa shape index (κ1) is 19.1. The summed E-state index contributed by atoms with van der Waals surface area (Å²) in [6.45, 7) is 3.21. The fourth-order valence-electron chi connectivity index (χ4n) is 3.39. The highest BCUT2D eigenvalue weighted by molar-refractivity contribution is 6.34. The number of carbonyl (C=O) groups is 3. The van der Waals surface area contributed by atoms with Gasteiger partial charge in [0.15, 0.2) is 0 Å². The first-order valence-corrected chi connectivity index (χ1v) is 9.53. The highest BCUT2D eigenvalue weighted by Crippen LogP contribution is 2.11. The van der Waals surface area contributed by atoms with Crippen molar-refractivity contribution in [3.63, 3.8) is 0 Å². The highest BCUT2D eigenvalue weighted by atomic mass is 16.5. The standard InChI is InChI=1S/C19H22N6O4/c26-17(15-1-2-16(21-13-15)25-4-3-20-14-25)22-5-7-23(8-6-22)18(27)19(28)24-9-11-29-12-10-24/h1-4,13-14H,5-12H2. The van der Waals surface area contributed by atoms with Crippen LogP contribution in [0.3, 0.4) is 0 Å². The van der Waals surface area contributed by atoms with Crippen molar-refractivity contribution in [1.29, 1.82) is 0 Å². The molecule has 0 saturated carbocycles. The van der Waals surface area contributed by atoms with E-state index in [1.165, 1.54) is 16.0 Å². The molecule has 29 heavy (non-hydrogen) atoms. The predicted molar refractivity (Wildman–Crippen MR) is 101 cm³/mol. The minimum absolute atomic E-state index is 0.138. The van der Waals surface area contributed by atoms with Gasteiger partial charge in [0, 0.05) is 57.9 Å². The number of hydrogen-bond acceptors (Lipinski definition) is 6. The second-order valence-corrected chi connectivity index (χ2v) is 6.86. The fourth-order valence-corrected chi connectivity index (χ4v) is 3.39. The Hall–Kier alpha value is -3.27. The van der Waals surface area contributed by atoms with Crippen molar-refractivity contribution in [3.05, 3.63) is 42.6 Å². The Kier molecular flexibility index (Phi) is 5.52. The Balaban J connectivity index is 1.32. The summed E-state index contributed by atoms with van der Waals surface area (Å²) in [5.74, 6) is -0.463. The molecule has 4 heterocycles. The zero-order chi connectivity index (χ0) is 20.2. The lowest BCUT2D eigenvalue weighted by atomic mass is 10.2. The topological polar surface area (TPSA) is 101 Å². The van der Waals surface area contributed by atoms with E-state index in [4.69, 9.17) is 4.74 Å². The number of amides is 3. The van der Waals surface area contributed by atoms with Crippen LogP contribution in [0.15, 0.2) is 37.1 Å². The normalized spacial score (nSPS) is 17.3. The van der Waals surface area contributed by atoms with Gasteiger partial charge in [-0.05, 0) is 12.1 Å². The van der Waals surface area contributed by atoms with Crippen molar-refractivity contribution in [2.75, 3.05) is 52.5 Å². The molecule has 0 aliphatic carbocycles. The van der Waals surface area contributed by atoms with Gasteiger partial charge in [-0.3, -0.25) is 19.0 Å². The second kappa shape index (κ2) is 8.39. The molecule has 0 aromatic carbocycles. The molecule has 0 spiro atoms. The Morgan fingerprint density at radius 2 is 1.52 bits per heavy atom. The quantitative estimate of drug-likeness (QED) is 0.627. The molecular weight excluding hydrogens is 376 g/mol. The molecule has 152 valence electrons. The summed E-state index contributed by atoms with van der Waals surface area (Å²) in [4.78, 5) is 50.5. The molecule has 2 saturated heterocycles. The van der Waals surface area contributed by atoms with Crippen LogP contribution in [0.25, 0.3) is 5.82 Å². The van der Waals surface area contributed by atoms with Crippen molar-refractivity contribution in [2.45, 2.75) is 0 Å². The van der Waals surface area contributed by atoms with Crippen LogP contribution >= 0.6 is 0 Å². The average Bonchev–Trinajstić information content (AvgIpc) is 3.33. The van der Waals surface area contributed by atoms with Crippen LogP contribution in [-0.2, 0) is 14.3 Å². The maximum Gasteiger partial charge on any atom is 0.312 e. The number of morpholine rings is 1. The number of aromatic nitrogens is 3. The van der Waals surface area contributed by atoms with Gasteiger partial charge in [0.25, 0.3) is 5.91 Å². The molecule has 3 amide bonds. The smallest absolute Gasteiger partial charge is 0.312 e. The van der Waals surface area contributed by atoms with E-state index in [9.17, 15) is 14.4 Å². The van der Waals surface area contributed by atoms with Crippen molar-refractivity contribution >= 4 is 17.7 Å². The predicted octanol–water partition coefficient (Wildman–Crippen LogP) is -0.589. The summed E-state index contributed by atoms with van der Waals surface area (Å²) >= 11 is 0. The van der Waals surface area contributed by atoms with Gasteiger partial charge in [0.05, 0.1) is 18.8 Å². The summed E-state index contributed by atoms with van der Waals surface area (Å²) in [7, 11) is 0. The number of rotatable bonds is 2. The lowest BCUT2D eigenvalue weighted by Crippen LogP contribution is -2.55. The molecule has 2 aromatic rings. The zero-order valence-electron chi connectivity index (χ0n) is 15.9. The number of pyridine rings is 1. The SMILES string of the molecule is O=C(C(=O)N1CCN(C(=O)c2ccc(-n3ccnc3)nc2)CC1)N1CCOCC1. The molecule has 4 rings (SSSR count). The number of piperazine rings is 1. The van der Waals surface area contributed by atoms with E-state index in [1.807, 2.05) is 0 Å². The zero-order valence-corrected chi connectivity index (χ0v) is 15.9. The summed E-state index contributed by atoms with van der Waals surface area (Å²) in [5.41, 5.74) is 0.484. The average molecular weight is 398 g/mol. The molecule has 10 heteroatoms. The molecule has 0 radical (unpaired) electrons. The number of nitrogens with zero attached hydrogens (tertiary/aromatic N) is 6. The van der Waals surface area contributed by atoms with Crippen molar-refractivity contribution < 1.29 is 19.1 Å². The van der Waals surface area contributed by atoms with E-state index in [1.54, 1.807) is 40.3 Å². The van der Waals surface area contributed by atoms with Gasteiger partial charge in [-0.2, -0.15) is 0 Å². The summed E-state index contributed by atoms with van der Waals surface area (Å²) in [6.07, 6.45) is 6.61. The third-order valence-electron chi connectivity index (χ3n) is 5.10. The van der Waals surface area contributed by atoms with Crippen LogP contribution in [0, 0.1) is 0 Å². The summed E-state index contributed by atoms with van der Waals surface area (Å²) in [6, 6.07) is 3.49. The molecule has 2 aliphatic rings. The van der Waals surface area contributed by atoms with Crippen LogP contribution in [0.1, 0.15) is 10.4 Å². The third-order valence-corrected chi connectivity index (χ3v) is 5.10. The minimum atomic E-state index is -0.509. The highest BCUT2D eigenvalue weighted by Gasteiger charge is 2.31. The maximum atomic E-state index is 12.7. The molecule has 0 atom stereocenters. The second-order valence-electron chi connectivity index (χ2n) is 6.86. The van der Waals surface area contributed by atoms with Crippen molar-refractivity contribution in [1.82, 2.24) is 29.2 Å². The monoisotopic (exact) mass is 398 g/mol. The first-order chi connectivity index (χ1) is 14.1. The van der Waals surface area contributed by atoms with Gasteiger partial charge in [0.1, 0.15) is 12.1 Å². The molecule has 0 bridgehead atoms. The Morgan fingerprint density at radius 1 is 0.862 bits per heavy atom. The van der Waals surface area contributed by atoms with Crippen LogP contribution in [0.2, 0.25) is 0 Å². The molecule has 10 nitrogen and oxygen atoms in total. The van der Waals surface area contributed by atoms with E-state index in [2.05, 4.69) is 9.97 Å². The lowest BCUT2D eigenvalue weighted by Gasteiger charge is -2.35. The summed E-state index contributed by atoms with van der Waals surface area (Å²) in [5, 5.41) is 0. The van der Waals surface area contributed by atoms with Crippen molar-refractivity contribution in [2.24, 2.45) is 0 Å². The van der Waals surface area contributed by atoms with Crippen LogP contribution in [0.5, 0.6) is 0 Å². The van der Waals surface area contributed by atoms with Crippen LogP contribution < -0.4 is 0 Å². The molecule has 2 aliphatic heterocycles. The third kappa shape index (κ3) is 4.11. The van der Waals surface area contributed by atoms with E-state index >= 15 is 0 Å². The largest absolute Gasteiger partial charge is 0.378 e. The fraction of sp³-hybridized carbons (Fsp3) is 0.421. The first-order valence-electron chi connectivity index (χ1n) is 9.53. The van der Waals surface area contributed by atoms with Gasteiger partial charge in [0.2, 0.25) is 0 Å². The van der Waals surface area contributed by atoms with Gasteiger partial charge in [-0.1, -0.05) is 0 Å². The van der Waals surface area contributed by atoms with E-state index in [0.29, 0.717) is 63.9 Å². The van der Waals surface area contributed by atoms with Crippen LogP contribution in [-0.4, -0.2) is 99.4 Å². The number of ether oxygens (including phenoxy) is 1. The molecule has 2 aromatic heterocycles. The van der Waals surface area contributed by atoms with Gasteiger partial charge in [-0.25, -0.2) is 9.97 Å². The number of hydrogen-bond donors (Lipinski definition) is 0. The Morgan fingerprint density at radius 3 is 2.10 bits per heavy atom. The van der Waals surface area contributed by atoms with Crippen molar-refractivity contribution in [3.8, 4) is 5.82 Å². The van der Waals surface area contributed by atoms with Gasteiger partial charge >= 0.3 is 11.8 Å². The van der Waals surface area contributed by atoms with E-state index in [0.717, 1.165) is 0 Å². The Bertz CT molecular complexity index is 869. The lowest BCUT2D eigenvalue weighted by molar-refractivity contribution is -0.154. The maximum absolute atomic E-state index is 12.7. The number of carbonyl (C=O) groups excluding carboxylic acids is 3. The molecule has 2 fully saturated rings. The van der Waals surface area contributed by atoms with Gasteiger partial charge < -0.3 is 19.4 Å². The van der Waals surface area contributed by atoms with Gasteiger partial charge in [-0.15, -0.1) is 0 Å². The Labute approximate surface area is 167 Å². The molecule has 0 unspecified atom stereocenters. The minimum Gasteiger partial charge on any atom is -0.378 e. The van der Waals surface area contributed by atoms with E-state index < -0.39 is 11.8 Å². The van der Waals surface area contributed by atoms with Crippen LogP contribution in [0.4, 0.5) is 0 Å². The molecule has 0 N–H and O–H groups in total.